The molecule has 0 heterocycles. The minimum atomic E-state index is 0.423. The molecule has 0 fully saturated rings. The van der Waals surface area contributed by atoms with Crippen LogP contribution in [0, 0.1) is 5.92 Å². The van der Waals surface area contributed by atoms with Crippen LogP contribution in [-0.4, -0.2) is 15.0 Å². The zero-order chi connectivity index (χ0) is 13.5. The third kappa shape index (κ3) is 4.38. The predicted octanol–water partition coefficient (Wildman–Crippen LogP) is 4.10. The van der Waals surface area contributed by atoms with Gasteiger partial charge in [-0.1, -0.05) is 0 Å². The van der Waals surface area contributed by atoms with E-state index in [4.69, 9.17) is 0 Å². The van der Waals surface area contributed by atoms with E-state index < -0.39 is 0 Å². The number of hydrogen-bond acceptors (Lipinski definition) is 0. The van der Waals surface area contributed by atoms with Crippen molar-refractivity contribution < 1.29 is 0 Å². The predicted molar refractivity (Wildman–Crippen MR) is 85.7 cm³/mol. The Kier molecular flexibility index (Phi) is 5.44. The normalized spacial score (nSPS) is 13.3. The standard InChI is InChI=1S/C18H20Se/c1-3-15(2)18(14-16-10-6-4-7-11-16)19-17-12-8-5-9-13-17/h4-15H,3H2,1-2H3/b18-14+. The monoisotopic (exact) mass is 316 g/mol. The van der Waals surface area contributed by atoms with Crippen molar-refractivity contribution in [2.45, 2.75) is 20.3 Å². The van der Waals surface area contributed by atoms with Gasteiger partial charge in [-0.3, -0.25) is 0 Å². The summed E-state index contributed by atoms with van der Waals surface area (Å²) >= 11 is 0.423. The first kappa shape index (κ1) is 14.1. The van der Waals surface area contributed by atoms with E-state index in [2.05, 4.69) is 80.6 Å². The molecule has 0 aliphatic rings. The van der Waals surface area contributed by atoms with E-state index >= 15 is 0 Å². The molecule has 2 aromatic rings. The van der Waals surface area contributed by atoms with Crippen LogP contribution in [0.1, 0.15) is 25.8 Å². The van der Waals surface area contributed by atoms with Crippen LogP contribution in [0.5, 0.6) is 0 Å². The topological polar surface area (TPSA) is 0 Å². The van der Waals surface area contributed by atoms with Crippen molar-refractivity contribution in [1.29, 1.82) is 0 Å². The molecule has 1 heteroatoms. The maximum absolute atomic E-state index is 2.38. The molecule has 0 bridgehead atoms. The molecule has 0 N–H and O–H groups in total. The average Bonchev–Trinajstić information content (AvgIpc) is 2.48. The van der Waals surface area contributed by atoms with Crippen LogP contribution in [0.25, 0.3) is 6.08 Å². The Morgan fingerprint density at radius 2 is 1.58 bits per heavy atom. The van der Waals surface area contributed by atoms with E-state index in [1.807, 2.05) is 0 Å². The van der Waals surface area contributed by atoms with Gasteiger partial charge in [0.05, 0.1) is 0 Å². The third-order valence-corrected chi connectivity index (χ3v) is 5.84. The van der Waals surface area contributed by atoms with Crippen molar-refractivity contribution in [2.24, 2.45) is 5.92 Å². The Labute approximate surface area is 122 Å². The SMILES string of the molecule is CCC(C)/C(=C\c1ccccc1)[Se]c1ccccc1. The fourth-order valence-electron chi connectivity index (χ4n) is 1.81. The van der Waals surface area contributed by atoms with Gasteiger partial charge in [0.25, 0.3) is 0 Å². The zero-order valence-electron chi connectivity index (χ0n) is 11.5. The van der Waals surface area contributed by atoms with E-state index in [0.717, 1.165) is 0 Å². The summed E-state index contributed by atoms with van der Waals surface area (Å²) in [7, 11) is 0. The summed E-state index contributed by atoms with van der Waals surface area (Å²) in [6.07, 6.45) is 3.58. The van der Waals surface area contributed by atoms with E-state index in [1.54, 1.807) is 4.47 Å². The molecule has 0 nitrogen and oxygen atoms in total. The summed E-state index contributed by atoms with van der Waals surface area (Å²) in [5.41, 5.74) is 1.32. The van der Waals surface area contributed by atoms with E-state index in [-0.39, 0.29) is 0 Å². The van der Waals surface area contributed by atoms with Gasteiger partial charge >= 0.3 is 122 Å². The number of benzene rings is 2. The van der Waals surface area contributed by atoms with Crippen LogP contribution in [0.2, 0.25) is 0 Å². The molecular formula is C18H20Se. The van der Waals surface area contributed by atoms with Crippen molar-refractivity contribution in [3.8, 4) is 0 Å². The summed E-state index contributed by atoms with van der Waals surface area (Å²) < 4.78 is 3.03. The molecular weight excluding hydrogens is 295 g/mol. The Balaban J connectivity index is 2.24. The molecule has 98 valence electrons. The molecule has 0 radical (unpaired) electrons. The third-order valence-electron chi connectivity index (χ3n) is 3.19. The molecule has 0 aliphatic carbocycles. The second kappa shape index (κ2) is 7.33. The number of hydrogen-bond donors (Lipinski definition) is 0. The van der Waals surface area contributed by atoms with Crippen molar-refractivity contribution in [2.75, 3.05) is 0 Å². The van der Waals surface area contributed by atoms with Crippen molar-refractivity contribution in [1.82, 2.24) is 0 Å². The van der Waals surface area contributed by atoms with E-state index in [9.17, 15) is 0 Å². The van der Waals surface area contributed by atoms with Gasteiger partial charge in [0.2, 0.25) is 0 Å². The van der Waals surface area contributed by atoms with Crippen LogP contribution >= 0.6 is 0 Å². The summed E-state index contributed by atoms with van der Waals surface area (Å²) in [5.74, 6) is 0.653. The van der Waals surface area contributed by atoms with Gasteiger partial charge in [-0.25, -0.2) is 0 Å². The molecule has 0 aliphatic heterocycles. The molecule has 0 saturated carbocycles. The van der Waals surface area contributed by atoms with Crippen LogP contribution < -0.4 is 4.46 Å². The summed E-state index contributed by atoms with van der Waals surface area (Å²) in [6, 6.07) is 21.5. The van der Waals surface area contributed by atoms with Crippen LogP contribution in [0.4, 0.5) is 0 Å². The molecule has 1 unspecified atom stereocenters. The van der Waals surface area contributed by atoms with Crippen molar-refractivity contribution in [3.05, 3.63) is 70.7 Å². The molecule has 1 atom stereocenters. The summed E-state index contributed by atoms with van der Waals surface area (Å²) in [5, 5.41) is 0. The summed E-state index contributed by atoms with van der Waals surface area (Å²) in [4.78, 5) is 0. The second-order valence-corrected chi connectivity index (χ2v) is 7.09. The van der Waals surface area contributed by atoms with Gasteiger partial charge in [-0.15, -0.1) is 0 Å². The Bertz CT molecular complexity index is 514. The zero-order valence-corrected chi connectivity index (χ0v) is 13.3. The first-order valence-corrected chi connectivity index (χ1v) is 8.50. The molecule has 2 rings (SSSR count). The van der Waals surface area contributed by atoms with Gasteiger partial charge < -0.3 is 0 Å². The van der Waals surface area contributed by atoms with Gasteiger partial charge in [-0.2, -0.15) is 0 Å². The Morgan fingerprint density at radius 1 is 1.00 bits per heavy atom. The molecule has 0 saturated heterocycles. The first-order chi connectivity index (χ1) is 9.29. The van der Waals surface area contributed by atoms with Gasteiger partial charge in [-0.05, 0) is 0 Å². The molecule has 0 amide bonds. The Morgan fingerprint density at radius 3 is 2.16 bits per heavy atom. The van der Waals surface area contributed by atoms with Crippen LogP contribution in [0.15, 0.2) is 65.1 Å². The molecule has 2 aromatic carbocycles. The van der Waals surface area contributed by atoms with Gasteiger partial charge in [0, 0.05) is 0 Å². The minimum absolute atomic E-state index is 0.423. The van der Waals surface area contributed by atoms with E-state index in [0.29, 0.717) is 20.9 Å². The summed E-state index contributed by atoms with van der Waals surface area (Å²) in [6.45, 7) is 4.60. The second-order valence-electron chi connectivity index (χ2n) is 4.68. The molecule has 0 spiro atoms. The van der Waals surface area contributed by atoms with Crippen LogP contribution in [-0.2, 0) is 0 Å². The average molecular weight is 315 g/mol. The number of allylic oxidation sites excluding steroid dienone is 1. The van der Waals surface area contributed by atoms with Crippen molar-refractivity contribution >= 4 is 25.5 Å². The fraction of sp³-hybridized carbons (Fsp3) is 0.222. The maximum atomic E-state index is 2.38. The Hall–Kier alpha value is -1.30. The van der Waals surface area contributed by atoms with Gasteiger partial charge in [0.15, 0.2) is 0 Å². The van der Waals surface area contributed by atoms with Crippen LogP contribution in [0.3, 0.4) is 0 Å². The first-order valence-electron chi connectivity index (χ1n) is 6.79. The fourth-order valence-corrected chi connectivity index (χ4v) is 4.18. The molecule has 19 heavy (non-hydrogen) atoms. The van der Waals surface area contributed by atoms with Gasteiger partial charge in [0.1, 0.15) is 0 Å². The quantitative estimate of drug-likeness (QED) is 0.729. The van der Waals surface area contributed by atoms with Crippen molar-refractivity contribution in [3.63, 3.8) is 0 Å². The number of rotatable bonds is 5. The molecule has 0 aromatic heterocycles. The van der Waals surface area contributed by atoms with E-state index in [1.165, 1.54) is 16.4 Å².